The molecule has 0 radical (unpaired) electrons. The van der Waals surface area contributed by atoms with Gasteiger partial charge in [-0.15, -0.1) is 0 Å². The first-order chi connectivity index (χ1) is 7.99. The Morgan fingerprint density at radius 3 is 2.65 bits per heavy atom. The van der Waals surface area contributed by atoms with E-state index in [2.05, 4.69) is 21.0 Å². The number of benzene rings is 1. The monoisotopic (exact) mass is 316 g/mol. The molecule has 0 spiro atoms. The molecule has 0 saturated heterocycles. The molecule has 1 aromatic heterocycles. The van der Waals surface area contributed by atoms with Crippen molar-refractivity contribution >= 4 is 27.5 Å². The van der Waals surface area contributed by atoms with Crippen molar-refractivity contribution in [2.75, 3.05) is 0 Å². The smallest absolute Gasteiger partial charge is 0.137 e. The molecule has 2 aromatic rings. The van der Waals surface area contributed by atoms with E-state index in [1.807, 2.05) is 18.5 Å². The van der Waals surface area contributed by atoms with Gasteiger partial charge in [-0.1, -0.05) is 17.7 Å². The fourth-order valence-electron chi connectivity index (χ4n) is 1.64. The second kappa shape index (κ2) is 4.78. The second-order valence-corrected chi connectivity index (χ2v) is 5.12. The highest BCUT2D eigenvalue weighted by Gasteiger charge is 2.09. The summed E-state index contributed by atoms with van der Waals surface area (Å²) in [7, 11) is 0. The number of halogens is 3. The van der Waals surface area contributed by atoms with Crippen LogP contribution in [-0.4, -0.2) is 9.78 Å². The maximum atomic E-state index is 13.1. The first-order valence-electron chi connectivity index (χ1n) is 5.12. The molecule has 0 saturated carbocycles. The molecular formula is C12H11BrClFN2. The van der Waals surface area contributed by atoms with Crippen molar-refractivity contribution in [3.63, 3.8) is 0 Å². The molecule has 0 atom stereocenters. The van der Waals surface area contributed by atoms with Crippen LogP contribution in [0.2, 0.25) is 5.02 Å². The second-order valence-electron chi connectivity index (χ2n) is 3.89. The molecule has 0 aliphatic rings. The summed E-state index contributed by atoms with van der Waals surface area (Å²) in [5.41, 5.74) is 2.70. The maximum Gasteiger partial charge on any atom is 0.137 e. The lowest BCUT2D eigenvalue weighted by Gasteiger charge is -2.05. The minimum Gasteiger partial charge on any atom is -0.264 e. The largest absolute Gasteiger partial charge is 0.264 e. The molecule has 0 amide bonds. The van der Waals surface area contributed by atoms with Crippen LogP contribution in [-0.2, 0) is 6.54 Å². The lowest BCUT2D eigenvalue weighted by molar-refractivity contribution is 0.616. The highest BCUT2D eigenvalue weighted by molar-refractivity contribution is 9.10. The fourth-order valence-corrected chi connectivity index (χ4v) is 2.20. The molecule has 2 rings (SSSR count). The van der Waals surface area contributed by atoms with Crippen LogP contribution in [0.4, 0.5) is 4.39 Å². The van der Waals surface area contributed by atoms with Gasteiger partial charge in [0.2, 0.25) is 0 Å². The normalized spacial score (nSPS) is 10.9. The van der Waals surface area contributed by atoms with Crippen LogP contribution < -0.4 is 0 Å². The number of hydrogen-bond acceptors (Lipinski definition) is 1. The number of aryl methyl sites for hydroxylation is 1. The minimum absolute atomic E-state index is 0.264. The van der Waals surface area contributed by atoms with Crippen molar-refractivity contribution < 1.29 is 4.39 Å². The van der Waals surface area contributed by atoms with Gasteiger partial charge in [-0.05, 0) is 47.5 Å². The van der Waals surface area contributed by atoms with Crippen LogP contribution >= 0.6 is 27.5 Å². The fraction of sp³-hybridized carbons (Fsp3) is 0.250. The van der Waals surface area contributed by atoms with E-state index in [0.717, 1.165) is 17.0 Å². The van der Waals surface area contributed by atoms with Gasteiger partial charge in [0.15, 0.2) is 0 Å². The lowest BCUT2D eigenvalue weighted by Crippen LogP contribution is -2.04. The third-order valence-electron chi connectivity index (χ3n) is 2.61. The lowest BCUT2D eigenvalue weighted by atomic mass is 10.2. The van der Waals surface area contributed by atoms with Crippen molar-refractivity contribution in [3.8, 4) is 0 Å². The predicted octanol–water partition coefficient (Wildman–Crippen LogP) is 4.10. The average Bonchev–Trinajstić information content (AvgIpc) is 2.52. The molecule has 0 unspecified atom stereocenters. The maximum absolute atomic E-state index is 13.1. The topological polar surface area (TPSA) is 17.8 Å². The molecule has 1 aromatic carbocycles. The van der Waals surface area contributed by atoms with Crippen molar-refractivity contribution in [1.82, 2.24) is 9.78 Å². The summed E-state index contributed by atoms with van der Waals surface area (Å²) in [5, 5.41) is 5.02. The van der Waals surface area contributed by atoms with E-state index in [1.165, 1.54) is 6.07 Å². The van der Waals surface area contributed by atoms with E-state index in [1.54, 1.807) is 12.1 Å². The van der Waals surface area contributed by atoms with Gasteiger partial charge in [0.05, 0.1) is 27.4 Å². The Morgan fingerprint density at radius 1 is 1.41 bits per heavy atom. The number of rotatable bonds is 2. The van der Waals surface area contributed by atoms with Crippen LogP contribution in [0.5, 0.6) is 0 Å². The molecule has 1 heterocycles. The van der Waals surface area contributed by atoms with Crippen LogP contribution in [0.15, 0.2) is 22.7 Å². The number of nitrogens with zero attached hydrogens (tertiary/aromatic N) is 2. The molecule has 17 heavy (non-hydrogen) atoms. The Morgan fingerprint density at radius 2 is 2.12 bits per heavy atom. The van der Waals surface area contributed by atoms with Gasteiger partial charge < -0.3 is 0 Å². The summed E-state index contributed by atoms with van der Waals surface area (Å²) in [6.07, 6.45) is 0. The van der Waals surface area contributed by atoms with E-state index in [9.17, 15) is 4.39 Å². The van der Waals surface area contributed by atoms with E-state index in [-0.39, 0.29) is 5.82 Å². The van der Waals surface area contributed by atoms with E-state index in [0.29, 0.717) is 16.0 Å². The zero-order valence-corrected chi connectivity index (χ0v) is 11.8. The predicted molar refractivity (Wildman–Crippen MR) is 69.9 cm³/mol. The SMILES string of the molecule is Cc1nn(Cc2ccc(F)c(Br)c2)c(C)c1Cl. The molecule has 5 heteroatoms. The Bertz CT molecular complexity index is 566. The van der Waals surface area contributed by atoms with Crippen LogP contribution in [0.25, 0.3) is 0 Å². The van der Waals surface area contributed by atoms with E-state index < -0.39 is 0 Å². The van der Waals surface area contributed by atoms with Gasteiger partial charge in [0.1, 0.15) is 5.82 Å². The van der Waals surface area contributed by atoms with Crippen molar-refractivity contribution in [3.05, 3.63) is 50.5 Å². The van der Waals surface area contributed by atoms with Gasteiger partial charge in [0.25, 0.3) is 0 Å². The first kappa shape index (κ1) is 12.6. The third-order valence-corrected chi connectivity index (χ3v) is 3.76. The van der Waals surface area contributed by atoms with Crippen LogP contribution in [0.3, 0.4) is 0 Å². The van der Waals surface area contributed by atoms with Gasteiger partial charge in [0, 0.05) is 0 Å². The van der Waals surface area contributed by atoms with Crippen LogP contribution in [0, 0.1) is 19.7 Å². The highest BCUT2D eigenvalue weighted by Crippen LogP contribution is 2.21. The number of hydrogen-bond donors (Lipinski definition) is 0. The minimum atomic E-state index is -0.264. The summed E-state index contributed by atoms with van der Waals surface area (Å²) >= 11 is 9.24. The molecule has 2 nitrogen and oxygen atoms in total. The summed E-state index contributed by atoms with van der Waals surface area (Å²) < 4.78 is 15.4. The Kier molecular flexibility index (Phi) is 3.54. The summed E-state index contributed by atoms with van der Waals surface area (Å²) in [5.74, 6) is -0.264. The van der Waals surface area contributed by atoms with E-state index in [4.69, 9.17) is 11.6 Å². The van der Waals surface area contributed by atoms with Crippen LogP contribution in [0.1, 0.15) is 17.0 Å². The summed E-state index contributed by atoms with van der Waals surface area (Å²) in [4.78, 5) is 0. The molecular weight excluding hydrogens is 307 g/mol. The Balaban J connectivity index is 2.31. The van der Waals surface area contributed by atoms with Gasteiger partial charge in [-0.25, -0.2) is 4.39 Å². The van der Waals surface area contributed by atoms with Gasteiger partial charge in [-0.3, -0.25) is 4.68 Å². The molecule has 0 aliphatic carbocycles. The third kappa shape index (κ3) is 2.53. The van der Waals surface area contributed by atoms with Gasteiger partial charge >= 0.3 is 0 Å². The van der Waals surface area contributed by atoms with Crippen molar-refractivity contribution in [1.29, 1.82) is 0 Å². The molecule has 0 bridgehead atoms. The zero-order valence-electron chi connectivity index (χ0n) is 9.47. The molecule has 0 N–H and O–H groups in total. The highest BCUT2D eigenvalue weighted by atomic mass is 79.9. The first-order valence-corrected chi connectivity index (χ1v) is 6.29. The Hall–Kier alpha value is -0.870. The van der Waals surface area contributed by atoms with Gasteiger partial charge in [-0.2, -0.15) is 5.10 Å². The summed E-state index contributed by atoms with van der Waals surface area (Å²) in [6, 6.07) is 4.93. The summed E-state index contributed by atoms with van der Waals surface area (Å²) in [6.45, 7) is 4.37. The molecule has 0 aliphatic heterocycles. The standard InChI is InChI=1S/C12H11BrClFN2/c1-7-12(14)8(2)17(16-7)6-9-3-4-11(15)10(13)5-9/h3-5H,6H2,1-2H3. The Labute approximate surface area is 113 Å². The van der Waals surface area contributed by atoms with E-state index >= 15 is 0 Å². The van der Waals surface area contributed by atoms with Crippen molar-refractivity contribution in [2.24, 2.45) is 0 Å². The van der Waals surface area contributed by atoms with Crippen molar-refractivity contribution in [2.45, 2.75) is 20.4 Å². The molecule has 0 fully saturated rings. The zero-order chi connectivity index (χ0) is 12.6. The number of aromatic nitrogens is 2. The molecule has 90 valence electrons. The average molecular weight is 318 g/mol. The quantitative estimate of drug-likeness (QED) is 0.815.